The summed E-state index contributed by atoms with van der Waals surface area (Å²) in [6, 6.07) is 10.2. The van der Waals surface area contributed by atoms with E-state index in [1.165, 1.54) is 6.20 Å². The number of rotatable bonds is 8. The molecule has 1 aromatic carbocycles. The van der Waals surface area contributed by atoms with E-state index >= 15 is 0 Å². The number of nitrogens with zero attached hydrogens (tertiary/aromatic N) is 1. The Labute approximate surface area is 140 Å². The molecule has 1 heterocycles. The van der Waals surface area contributed by atoms with Crippen LogP contribution in [0.2, 0.25) is 5.02 Å². The summed E-state index contributed by atoms with van der Waals surface area (Å²) in [6.45, 7) is 0.606. The smallest absolute Gasteiger partial charge is 0.213 e. The van der Waals surface area contributed by atoms with Crippen molar-refractivity contribution in [2.45, 2.75) is 19.3 Å². The SMILES string of the molecule is O=C(c1ccc(Cl)cc1)c1ccc(OCCCCCCl)nc1. The number of carbonyl (C=O) groups is 1. The average Bonchev–Trinajstić information content (AvgIpc) is 2.55. The molecule has 0 saturated carbocycles. The van der Waals surface area contributed by atoms with Crippen LogP contribution in [0.1, 0.15) is 35.2 Å². The zero-order valence-electron chi connectivity index (χ0n) is 12.1. The Morgan fingerprint density at radius 3 is 2.36 bits per heavy atom. The van der Waals surface area contributed by atoms with Crippen molar-refractivity contribution in [3.05, 3.63) is 58.7 Å². The molecule has 116 valence electrons. The number of unbranched alkanes of at least 4 members (excludes halogenated alkanes) is 2. The van der Waals surface area contributed by atoms with Gasteiger partial charge in [0.2, 0.25) is 5.88 Å². The lowest BCUT2D eigenvalue weighted by Gasteiger charge is -2.06. The molecule has 22 heavy (non-hydrogen) atoms. The second kappa shape index (κ2) is 8.76. The van der Waals surface area contributed by atoms with Gasteiger partial charge in [0, 0.05) is 34.3 Å². The predicted molar refractivity (Wildman–Crippen MR) is 89.2 cm³/mol. The van der Waals surface area contributed by atoms with E-state index in [1.807, 2.05) is 0 Å². The molecule has 0 spiro atoms. The van der Waals surface area contributed by atoms with E-state index in [-0.39, 0.29) is 5.78 Å². The standard InChI is InChI=1S/C17H17Cl2NO2/c18-10-2-1-3-11-22-16-9-6-14(12-20-16)17(21)13-4-7-15(19)8-5-13/h4-9,12H,1-3,10-11H2. The van der Waals surface area contributed by atoms with Gasteiger partial charge in [-0.05, 0) is 49.6 Å². The Balaban J connectivity index is 1.91. The largest absolute Gasteiger partial charge is 0.478 e. The first-order valence-electron chi connectivity index (χ1n) is 7.16. The summed E-state index contributed by atoms with van der Waals surface area (Å²) in [5.74, 6) is 1.12. The zero-order chi connectivity index (χ0) is 15.8. The van der Waals surface area contributed by atoms with Crippen LogP contribution in [-0.2, 0) is 0 Å². The predicted octanol–water partition coefficient (Wildman–Crippen LogP) is 4.75. The van der Waals surface area contributed by atoms with Gasteiger partial charge in [-0.25, -0.2) is 4.98 Å². The summed E-state index contributed by atoms with van der Waals surface area (Å²) in [5, 5.41) is 0.604. The number of alkyl halides is 1. The molecule has 0 fully saturated rings. The van der Waals surface area contributed by atoms with E-state index < -0.39 is 0 Å². The minimum atomic E-state index is -0.0853. The van der Waals surface area contributed by atoms with Gasteiger partial charge >= 0.3 is 0 Å². The molecule has 2 rings (SSSR count). The van der Waals surface area contributed by atoms with Crippen molar-refractivity contribution in [2.75, 3.05) is 12.5 Å². The van der Waals surface area contributed by atoms with Crippen LogP contribution in [0.3, 0.4) is 0 Å². The van der Waals surface area contributed by atoms with E-state index in [1.54, 1.807) is 36.4 Å². The molecule has 0 aliphatic carbocycles. The number of carbonyl (C=O) groups excluding carboxylic acids is 1. The van der Waals surface area contributed by atoms with Crippen molar-refractivity contribution in [3.8, 4) is 5.88 Å². The fraction of sp³-hybridized carbons (Fsp3) is 0.294. The fourth-order valence-electron chi connectivity index (χ4n) is 1.92. The molecule has 0 atom stereocenters. The molecule has 0 saturated heterocycles. The Bertz CT molecular complexity index is 597. The van der Waals surface area contributed by atoms with Crippen LogP contribution in [0.5, 0.6) is 5.88 Å². The first kappa shape index (κ1) is 16.8. The average molecular weight is 338 g/mol. The molecule has 0 bridgehead atoms. The maximum Gasteiger partial charge on any atom is 0.213 e. The van der Waals surface area contributed by atoms with Crippen molar-refractivity contribution in [1.82, 2.24) is 4.98 Å². The number of ketones is 1. The van der Waals surface area contributed by atoms with Crippen LogP contribution < -0.4 is 4.74 Å². The molecule has 5 heteroatoms. The first-order valence-corrected chi connectivity index (χ1v) is 8.07. The van der Waals surface area contributed by atoms with Gasteiger partial charge in [-0.1, -0.05) is 11.6 Å². The van der Waals surface area contributed by atoms with Gasteiger partial charge in [0.15, 0.2) is 5.78 Å². The molecule has 0 unspecified atom stereocenters. The molecule has 0 N–H and O–H groups in total. The van der Waals surface area contributed by atoms with Gasteiger partial charge in [0.05, 0.1) is 6.61 Å². The number of halogens is 2. The molecular weight excluding hydrogens is 321 g/mol. The van der Waals surface area contributed by atoms with E-state index in [0.29, 0.717) is 34.5 Å². The Kier molecular flexibility index (Phi) is 6.69. The van der Waals surface area contributed by atoms with Crippen LogP contribution in [0.25, 0.3) is 0 Å². The van der Waals surface area contributed by atoms with Crippen LogP contribution in [0, 0.1) is 0 Å². The molecule has 3 nitrogen and oxygen atoms in total. The second-order valence-corrected chi connectivity index (χ2v) is 5.63. The van der Waals surface area contributed by atoms with Crippen molar-refractivity contribution < 1.29 is 9.53 Å². The normalized spacial score (nSPS) is 10.5. The molecular formula is C17H17Cl2NO2. The monoisotopic (exact) mass is 337 g/mol. The minimum Gasteiger partial charge on any atom is -0.478 e. The summed E-state index contributed by atoms with van der Waals surface area (Å²) in [5.41, 5.74) is 1.11. The van der Waals surface area contributed by atoms with Crippen LogP contribution in [0.4, 0.5) is 0 Å². The summed E-state index contributed by atoms with van der Waals surface area (Å²) in [4.78, 5) is 16.4. The van der Waals surface area contributed by atoms with E-state index in [2.05, 4.69) is 4.98 Å². The third-order valence-corrected chi connectivity index (χ3v) is 3.65. The van der Waals surface area contributed by atoms with Gasteiger partial charge in [-0.2, -0.15) is 0 Å². The Hall–Kier alpha value is -1.58. The highest BCUT2D eigenvalue weighted by Gasteiger charge is 2.09. The van der Waals surface area contributed by atoms with Gasteiger partial charge in [0.25, 0.3) is 0 Å². The lowest BCUT2D eigenvalue weighted by molar-refractivity contribution is 0.103. The highest BCUT2D eigenvalue weighted by Crippen LogP contribution is 2.15. The van der Waals surface area contributed by atoms with Gasteiger partial charge < -0.3 is 4.74 Å². The third kappa shape index (κ3) is 5.00. The second-order valence-electron chi connectivity index (χ2n) is 4.82. The lowest BCUT2D eigenvalue weighted by Crippen LogP contribution is -2.03. The summed E-state index contributed by atoms with van der Waals surface area (Å²) in [7, 11) is 0. The Morgan fingerprint density at radius 1 is 1.00 bits per heavy atom. The van der Waals surface area contributed by atoms with Gasteiger partial charge in [0.1, 0.15) is 0 Å². The molecule has 0 radical (unpaired) electrons. The van der Waals surface area contributed by atoms with Crippen molar-refractivity contribution in [3.63, 3.8) is 0 Å². The molecule has 0 amide bonds. The van der Waals surface area contributed by atoms with Gasteiger partial charge in [-0.3, -0.25) is 4.79 Å². The van der Waals surface area contributed by atoms with Gasteiger partial charge in [-0.15, -0.1) is 11.6 Å². The number of hydrogen-bond donors (Lipinski definition) is 0. The quantitative estimate of drug-likeness (QED) is 0.396. The maximum absolute atomic E-state index is 12.3. The molecule has 2 aromatic rings. The lowest BCUT2D eigenvalue weighted by atomic mass is 10.1. The molecule has 0 aliphatic heterocycles. The number of ether oxygens (including phenoxy) is 1. The highest BCUT2D eigenvalue weighted by atomic mass is 35.5. The molecule has 1 aromatic heterocycles. The summed E-state index contributed by atoms with van der Waals surface area (Å²) < 4.78 is 5.53. The van der Waals surface area contributed by atoms with Crippen molar-refractivity contribution in [1.29, 1.82) is 0 Å². The van der Waals surface area contributed by atoms with Crippen molar-refractivity contribution >= 4 is 29.0 Å². The third-order valence-electron chi connectivity index (χ3n) is 3.13. The summed E-state index contributed by atoms with van der Waals surface area (Å²) in [6.07, 6.45) is 4.51. The Morgan fingerprint density at radius 2 is 1.73 bits per heavy atom. The van der Waals surface area contributed by atoms with E-state index in [4.69, 9.17) is 27.9 Å². The number of pyridine rings is 1. The van der Waals surface area contributed by atoms with Crippen LogP contribution in [0.15, 0.2) is 42.6 Å². The van der Waals surface area contributed by atoms with Crippen LogP contribution in [-0.4, -0.2) is 23.3 Å². The number of benzene rings is 1. The van der Waals surface area contributed by atoms with Crippen molar-refractivity contribution in [2.24, 2.45) is 0 Å². The fourth-order valence-corrected chi connectivity index (χ4v) is 2.23. The highest BCUT2D eigenvalue weighted by molar-refractivity contribution is 6.30. The van der Waals surface area contributed by atoms with E-state index in [9.17, 15) is 4.79 Å². The number of hydrogen-bond acceptors (Lipinski definition) is 3. The number of aromatic nitrogens is 1. The van der Waals surface area contributed by atoms with E-state index in [0.717, 1.165) is 19.3 Å². The molecule has 0 aliphatic rings. The maximum atomic E-state index is 12.3. The van der Waals surface area contributed by atoms with Crippen LogP contribution >= 0.6 is 23.2 Å². The summed E-state index contributed by atoms with van der Waals surface area (Å²) >= 11 is 11.4. The zero-order valence-corrected chi connectivity index (χ0v) is 13.6. The minimum absolute atomic E-state index is 0.0853. The topological polar surface area (TPSA) is 39.2 Å². The first-order chi connectivity index (χ1) is 10.7.